The van der Waals surface area contributed by atoms with Crippen LogP contribution in [0, 0.1) is 0 Å². The average Bonchev–Trinajstić information content (AvgIpc) is 2.90. The molecule has 6 nitrogen and oxygen atoms in total. The third kappa shape index (κ3) is 2.69. The topological polar surface area (TPSA) is 81.3 Å². The predicted octanol–water partition coefficient (Wildman–Crippen LogP) is 1.57. The molecule has 0 spiro atoms. The minimum absolute atomic E-state index is 0.0646. The maximum Gasteiger partial charge on any atom is 0.359 e. The Labute approximate surface area is 115 Å². The van der Waals surface area contributed by atoms with Gasteiger partial charge in [0.2, 0.25) is 0 Å². The monoisotopic (exact) mass is 274 g/mol. The molecule has 0 aliphatic heterocycles. The quantitative estimate of drug-likeness (QED) is 0.856. The van der Waals surface area contributed by atoms with E-state index in [0.29, 0.717) is 12.1 Å². The number of esters is 2. The molecule has 1 N–H and O–H groups in total. The molecule has 2 rings (SSSR count). The molecule has 1 heterocycles. The molecule has 0 amide bonds. The van der Waals surface area contributed by atoms with Gasteiger partial charge in [0, 0.05) is 6.42 Å². The number of rotatable bonds is 4. The summed E-state index contributed by atoms with van der Waals surface area (Å²) in [5.74, 6) is -1.30. The van der Waals surface area contributed by atoms with Crippen molar-refractivity contribution < 1.29 is 19.1 Å². The van der Waals surface area contributed by atoms with Crippen molar-refractivity contribution in [2.75, 3.05) is 14.2 Å². The van der Waals surface area contributed by atoms with Crippen LogP contribution in [0.25, 0.3) is 0 Å². The Balaban J connectivity index is 2.40. The van der Waals surface area contributed by atoms with Gasteiger partial charge in [0.1, 0.15) is 5.56 Å². The number of ether oxygens (including phenoxy) is 2. The molecule has 0 saturated heterocycles. The van der Waals surface area contributed by atoms with Crippen LogP contribution in [0.4, 0.5) is 0 Å². The first-order chi connectivity index (χ1) is 9.67. The maximum absolute atomic E-state index is 11.8. The summed E-state index contributed by atoms with van der Waals surface area (Å²) in [4.78, 5) is 23.4. The summed E-state index contributed by atoms with van der Waals surface area (Å²) >= 11 is 0. The van der Waals surface area contributed by atoms with Crippen LogP contribution in [-0.4, -0.2) is 36.4 Å². The average molecular weight is 274 g/mol. The minimum Gasteiger partial charge on any atom is -0.465 e. The molecule has 104 valence electrons. The van der Waals surface area contributed by atoms with E-state index in [-0.39, 0.29) is 11.3 Å². The summed E-state index contributed by atoms with van der Waals surface area (Å²) in [5, 5.41) is 6.55. The van der Waals surface area contributed by atoms with Crippen molar-refractivity contribution in [3.63, 3.8) is 0 Å². The van der Waals surface area contributed by atoms with E-state index in [0.717, 1.165) is 5.56 Å². The second-order valence-corrected chi connectivity index (χ2v) is 4.07. The summed E-state index contributed by atoms with van der Waals surface area (Å²) in [6.45, 7) is 0. The standard InChI is InChI=1S/C14H14N2O4/c1-19-13(17)11-10(8-9-6-4-3-5-7-9)15-16-12(11)14(18)20-2/h3-7H,8H2,1-2H3,(H,15,16). The smallest absolute Gasteiger partial charge is 0.359 e. The highest BCUT2D eigenvalue weighted by Gasteiger charge is 2.26. The molecule has 0 aliphatic rings. The van der Waals surface area contributed by atoms with Crippen LogP contribution >= 0.6 is 0 Å². The summed E-state index contributed by atoms with van der Waals surface area (Å²) in [5.41, 5.74) is 1.55. The number of methoxy groups -OCH3 is 2. The number of carbonyl (C=O) groups is 2. The second-order valence-electron chi connectivity index (χ2n) is 4.07. The van der Waals surface area contributed by atoms with Crippen molar-refractivity contribution in [3.8, 4) is 0 Å². The molecule has 2 aromatic rings. The third-order valence-corrected chi connectivity index (χ3v) is 2.83. The van der Waals surface area contributed by atoms with Crippen LogP contribution < -0.4 is 0 Å². The molecule has 0 saturated carbocycles. The number of hydrogen-bond donors (Lipinski definition) is 1. The van der Waals surface area contributed by atoms with E-state index in [9.17, 15) is 9.59 Å². The van der Waals surface area contributed by atoms with Gasteiger partial charge in [-0.15, -0.1) is 0 Å². The SMILES string of the molecule is COC(=O)c1n[nH]c(Cc2ccccc2)c1C(=O)OC. The van der Waals surface area contributed by atoms with Gasteiger partial charge in [-0.25, -0.2) is 9.59 Å². The highest BCUT2D eigenvalue weighted by Crippen LogP contribution is 2.17. The molecule has 6 heteroatoms. The van der Waals surface area contributed by atoms with E-state index < -0.39 is 11.9 Å². The van der Waals surface area contributed by atoms with Gasteiger partial charge in [0.25, 0.3) is 0 Å². The highest BCUT2D eigenvalue weighted by atomic mass is 16.5. The second kappa shape index (κ2) is 6.01. The Morgan fingerprint density at radius 2 is 1.75 bits per heavy atom. The number of aromatic amines is 1. The fraction of sp³-hybridized carbons (Fsp3) is 0.214. The van der Waals surface area contributed by atoms with Gasteiger partial charge in [-0.1, -0.05) is 30.3 Å². The molecular formula is C14H14N2O4. The molecule has 0 radical (unpaired) electrons. The summed E-state index contributed by atoms with van der Waals surface area (Å²) < 4.78 is 9.31. The van der Waals surface area contributed by atoms with Crippen molar-refractivity contribution in [2.45, 2.75) is 6.42 Å². The lowest BCUT2D eigenvalue weighted by Crippen LogP contribution is -2.12. The van der Waals surface area contributed by atoms with E-state index in [2.05, 4.69) is 14.9 Å². The Bertz CT molecular complexity index is 619. The minimum atomic E-state index is -0.680. The number of benzene rings is 1. The van der Waals surface area contributed by atoms with Gasteiger partial charge >= 0.3 is 11.9 Å². The first-order valence-electron chi connectivity index (χ1n) is 5.95. The Kier molecular flexibility index (Phi) is 4.14. The number of hydrogen-bond acceptors (Lipinski definition) is 5. The van der Waals surface area contributed by atoms with Gasteiger partial charge in [-0.05, 0) is 5.56 Å². The summed E-state index contributed by atoms with van der Waals surface area (Å²) in [6, 6.07) is 9.52. The van der Waals surface area contributed by atoms with Gasteiger partial charge in [0.05, 0.1) is 19.9 Å². The van der Waals surface area contributed by atoms with E-state index in [1.165, 1.54) is 14.2 Å². The van der Waals surface area contributed by atoms with Gasteiger partial charge < -0.3 is 9.47 Å². The largest absolute Gasteiger partial charge is 0.465 e. The molecule has 0 unspecified atom stereocenters. The van der Waals surface area contributed by atoms with E-state index in [4.69, 9.17) is 4.74 Å². The fourth-order valence-corrected chi connectivity index (χ4v) is 1.87. The molecule has 0 atom stereocenters. The zero-order valence-corrected chi connectivity index (χ0v) is 11.2. The van der Waals surface area contributed by atoms with Crippen molar-refractivity contribution in [3.05, 3.63) is 52.8 Å². The van der Waals surface area contributed by atoms with Crippen LogP contribution in [0.1, 0.15) is 32.1 Å². The molecular weight excluding hydrogens is 260 g/mol. The van der Waals surface area contributed by atoms with Crippen LogP contribution in [0.3, 0.4) is 0 Å². The zero-order chi connectivity index (χ0) is 14.5. The lowest BCUT2D eigenvalue weighted by molar-refractivity contribution is 0.0551. The number of aromatic nitrogens is 2. The molecule has 20 heavy (non-hydrogen) atoms. The van der Waals surface area contributed by atoms with Crippen molar-refractivity contribution in [1.82, 2.24) is 10.2 Å². The Hall–Kier alpha value is -2.63. The molecule has 1 aromatic carbocycles. The number of nitrogens with zero attached hydrogens (tertiary/aromatic N) is 1. The molecule has 0 bridgehead atoms. The van der Waals surface area contributed by atoms with Gasteiger partial charge in [-0.3, -0.25) is 5.10 Å². The molecule has 0 fully saturated rings. The van der Waals surface area contributed by atoms with Gasteiger partial charge in [0.15, 0.2) is 5.69 Å². The Morgan fingerprint density at radius 3 is 2.35 bits per heavy atom. The van der Waals surface area contributed by atoms with E-state index in [1.54, 1.807) is 0 Å². The maximum atomic E-state index is 11.8. The zero-order valence-electron chi connectivity index (χ0n) is 11.2. The van der Waals surface area contributed by atoms with Crippen molar-refractivity contribution in [1.29, 1.82) is 0 Å². The first-order valence-corrected chi connectivity index (χ1v) is 5.95. The molecule has 1 aromatic heterocycles. The van der Waals surface area contributed by atoms with Crippen molar-refractivity contribution in [2.24, 2.45) is 0 Å². The number of nitrogens with one attached hydrogen (secondary N) is 1. The third-order valence-electron chi connectivity index (χ3n) is 2.83. The van der Waals surface area contributed by atoms with E-state index >= 15 is 0 Å². The summed E-state index contributed by atoms with van der Waals surface area (Å²) in [6.07, 6.45) is 0.440. The highest BCUT2D eigenvalue weighted by molar-refractivity contribution is 6.02. The number of carbonyl (C=O) groups excluding carboxylic acids is 2. The fourth-order valence-electron chi connectivity index (χ4n) is 1.87. The van der Waals surface area contributed by atoms with Crippen LogP contribution in [0.15, 0.2) is 30.3 Å². The Morgan fingerprint density at radius 1 is 1.10 bits per heavy atom. The van der Waals surface area contributed by atoms with Crippen LogP contribution in [0.2, 0.25) is 0 Å². The van der Waals surface area contributed by atoms with Crippen LogP contribution in [0.5, 0.6) is 0 Å². The first kappa shape index (κ1) is 13.8. The van der Waals surface area contributed by atoms with Crippen molar-refractivity contribution >= 4 is 11.9 Å². The van der Waals surface area contributed by atoms with E-state index in [1.807, 2.05) is 30.3 Å². The van der Waals surface area contributed by atoms with Gasteiger partial charge in [-0.2, -0.15) is 5.10 Å². The lowest BCUT2D eigenvalue weighted by atomic mass is 10.1. The summed E-state index contributed by atoms with van der Waals surface area (Å²) in [7, 11) is 2.48. The predicted molar refractivity (Wildman–Crippen MR) is 70.5 cm³/mol. The lowest BCUT2D eigenvalue weighted by Gasteiger charge is -2.03. The normalized spacial score (nSPS) is 10.1. The number of H-pyrrole nitrogens is 1. The molecule has 0 aliphatic carbocycles. The van der Waals surface area contributed by atoms with Crippen LogP contribution in [-0.2, 0) is 15.9 Å².